The SMILES string of the molecule is CCN(CC1CC1)c1nc2ccccn2c1CCN. The second-order valence-electron chi connectivity index (χ2n) is 5.33. The van der Waals surface area contributed by atoms with Crippen LogP contribution in [0.15, 0.2) is 24.4 Å². The molecular weight excluding hydrogens is 236 g/mol. The quantitative estimate of drug-likeness (QED) is 0.863. The first-order valence-electron chi connectivity index (χ1n) is 7.24. The van der Waals surface area contributed by atoms with Gasteiger partial charge in [-0.05, 0) is 44.4 Å². The molecule has 0 radical (unpaired) electrons. The molecule has 2 N–H and O–H groups in total. The van der Waals surface area contributed by atoms with Gasteiger partial charge in [0.05, 0.1) is 5.69 Å². The number of nitrogens with two attached hydrogens (primary N) is 1. The Morgan fingerprint density at radius 1 is 1.42 bits per heavy atom. The third kappa shape index (κ3) is 2.45. The van der Waals surface area contributed by atoms with Gasteiger partial charge in [-0.1, -0.05) is 6.07 Å². The van der Waals surface area contributed by atoms with Crippen LogP contribution in [-0.2, 0) is 6.42 Å². The summed E-state index contributed by atoms with van der Waals surface area (Å²) in [7, 11) is 0. The van der Waals surface area contributed by atoms with E-state index in [1.807, 2.05) is 6.07 Å². The summed E-state index contributed by atoms with van der Waals surface area (Å²) >= 11 is 0. The summed E-state index contributed by atoms with van der Waals surface area (Å²) in [5.74, 6) is 2.00. The summed E-state index contributed by atoms with van der Waals surface area (Å²) in [6.07, 6.45) is 5.70. The summed E-state index contributed by atoms with van der Waals surface area (Å²) in [5, 5.41) is 0. The Morgan fingerprint density at radius 2 is 2.26 bits per heavy atom. The summed E-state index contributed by atoms with van der Waals surface area (Å²) < 4.78 is 2.18. The van der Waals surface area contributed by atoms with Gasteiger partial charge < -0.3 is 15.0 Å². The van der Waals surface area contributed by atoms with Gasteiger partial charge in [0.2, 0.25) is 0 Å². The van der Waals surface area contributed by atoms with E-state index in [0.717, 1.165) is 36.9 Å². The summed E-state index contributed by atoms with van der Waals surface area (Å²) in [6, 6.07) is 6.15. The Hall–Kier alpha value is -1.55. The van der Waals surface area contributed by atoms with E-state index in [1.54, 1.807) is 0 Å². The molecule has 4 heteroatoms. The average Bonchev–Trinajstić information content (AvgIpc) is 3.19. The molecule has 3 rings (SSSR count). The molecule has 4 nitrogen and oxygen atoms in total. The van der Waals surface area contributed by atoms with Crippen molar-refractivity contribution in [2.24, 2.45) is 11.7 Å². The second kappa shape index (κ2) is 5.21. The lowest BCUT2D eigenvalue weighted by molar-refractivity contribution is 0.727. The van der Waals surface area contributed by atoms with Crippen molar-refractivity contribution in [3.8, 4) is 0 Å². The van der Waals surface area contributed by atoms with Crippen molar-refractivity contribution in [3.63, 3.8) is 0 Å². The zero-order valence-corrected chi connectivity index (χ0v) is 11.5. The molecule has 0 amide bonds. The Bertz CT molecular complexity index is 556. The highest BCUT2D eigenvalue weighted by Gasteiger charge is 2.26. The summed E-state index contributed by atoms with van der Waals surface area (Å²) in [4.78, 5) is 7.23. The molecule has 2 heterocycles. The highest BCUT2D eigenvalue weighted by molar-refractivity contribution is 5.56. The van der Waals surface area contributed by atoms with E-state index in [4.69, 9.17) is 10.7 Å². The minimum absolute atomic E-state index is 0.663. The lowest BCUT2D eigenvalue weighted by Crippen LogP contribution is -2.27. The molecule has 0 unspecified atom stereocenters. The number of aromatic nitrogens is 2. The van der Waals surface area contributed by atoms with Gasteiger partial charge in [-0.15, -0.1) is 0 Å². The maximum absolute atomic E-state index is 5.78. The van der Waals surface area contributed by atoms with Gasteiger partial charge in [-0.2, -0.15) is 0 Å². The van der Waals surface area contributed by atoms with Gasteiger partial charge in [0.1, 0.15) is 5.65 Å². The van der Waals surface area contributed by atoms with Crippen molar-refractivity contribution >= 4 is 11.5 Å². The highest BCUT2D eigenvalue weighted by atomic mass is 15.2. The number of rotatable bonds is 6. The van der Waals surface area contributed by atoms with E-state index in [2.05, 4.69) is 34.6 Å². The standard InChI is InChI=1S/C15H22N4/c1-2-18(11-12-6-7-12)15-13(8-9-16)19-10-4-3-5-14(19)17-15/h3-5,10,12H,2,6-9,11,16H2,1H3. The molecular formula is C15H22N4. The Kier molecular flexibility index (Phi) is 3.42. The van der Waals surface area contributed by atoms with Gasteiger partial charge in [-0.25, -0.2) is 4.98 Å². The van der Waals surface area contributed by atoms with Crippen molar-refractivity contribution in [2.45, 2.75) is 26.2 Å². The van der Waals surface area contributed by atoms with Crippen molar-refractivity contribution < 1.29 is 0 Å². The molecule has 0 aromatic carbocycles. The van der Waals surface area contributed by atoms with Crippen molar-refractivity contribution in [2.75, 3.05) is 24.5 Å². The van der Waals surface area contributed by atoms with Crippen LogP contribution < -0.4 is 10.6 Å². The van der Waals surface area contributed by atoms with E-state index in [9.17, 15) is 0 Å². The molecule has 0 saturated heterocycles. The van der Waals surface area contributed by atoms with Gasteiger partial charge in [0.15, 0.2) is 5.82 Å². The van der Waals surface area contributed by atoms with Crippen LogP contribution in [0.2, 0.25) is 0 Å². The van der Waals surface area contributed by atoms with Crippen LogP contribution in [0.1, 0.15) is 25.5 Å². The van der Waals surface area contributed by atoms with E-state index >= 15 is 0 Å². The zero-order valence-electron chi connectivity index (χ0n) is 11.5. The summed E-state index contributed by atoms with van der Waals surface area (Å²) in [5.41, 5.74) is 8.05. The lowest BCUT2D eigenvalue weighted by atomic mass is 10.2. The van der Waals surface area contributed by atoms with E-state index in [0.29, 0.717) is 6.54 Å². The van der Waals surface area contributed by atoms with Crippen LogP contribution in [0.4, 0.5) is 5.82 Å². The molecule has 1 aliphatic rings. The predicted octanol–water partition coefficient (Wildman–Crippen LogP) is 2.07. The maximum Gasteiger partial charge on any atom is 0.151 e. The van der Waals surface area contributed by atoms with Crippen LogP contribution in [-0.4, -0.2) is 29.0 Å². The van der Waals surface area contributed by atoms with Gasteiger partial charge in [-0.3, -0.25) is 0 Å². The van der Waals surface area contributed by atoms with E-state index in [-0.39, 0.29) is 0 Å². The number of hydrogen-bond donors (Lipinski definition) is 1. The number of imidazole rings is 1. The van der Waals surface area contributed by atoms with Gasteiger partial charge in [0, 0.05) is 25.7 Å². The molecule has 0 spiro atoms. The normalized spacial score (nSPS) is 15.1. The minimum Gasteiger partial charge on any atom is -0.355 e. The maximum atomic E-state index is 5.78. The molecule has 0 aliphatic heterocycles. The second-order valence-corrected chi connectivity index (χ2v) is 5.33. The number of nitrogens with zero attached hydrogens (tertiary/aromatic N) is 3. The fourth-order valence-electron chi connectivity index (χ4n) is 2.63. The first-order valence-corrected chi connectivity index (χ1v) is 7.24. The first-order chi connectivity index (χ1) is 9.33. The van der Waals surface area contributed by atoms with Gasteiger partial charge >= 0.3 is 0 Å². The first kappa shape index (κ1) is 12.5. The third-order valence-electron chi connectivity index (χ3n) is 3.85. The number of pyridine rings is 1. The average molecular weight is 258 g/mol. The predicted molar refractivity (Wildman–Crippen MR) is 78.6 cm³/mol. The topological polar surface area (TPSA) is 46.6 Å². The molecule has 2 aromatic rings. The zero-order chi connectivity index (χ0) is 13.2. The smallest absolute Gasteiger partial charge is 0.151 e. The number of hydrogen-bond acceptors (Lipinski definition) is 3. The number of anilines is 1. The van der Waals surface area contributed by atoms with Crippen molar-refractivity contribution in [3.05, 3.63) is 30.1 Å². The third-order valence-corrected chi connectivity index (χ3v) is 3.85. The van der Waals surface area contributed by atoms with E-state index < -0.39 is 0 Å². The van der Waals surface area contributed by atoms with Crippen LogP contribution in [0.3, 0.4) is 0 Å². The fourth-order valence-corrected chi connectivity index (χ4v) is 2.63. The molecule has 19 heavy (non-hydrogen) atoms. The molecule has 1 aliphatic carbocycles. The summed E-state index contributed by atoms with van der Waals surface area (Å²) in [6.45, 7) is 5.02. The van der Waals surface area contributed by atoms with Crippen molar-refractivity contribution in [1.82, 2.24) is 9.38 Å². The molecule has 102 valence electrons. The monoisotopic (exact) mass is 258 g/mol. The molecule has 0 bridgehead atoms. The van der Waals surface area contributed by atoms with Crippen molar-refractivity contribution in [1.29, 1.82) is 0 Å². The van der Waals surface area contributed by atoms with Crippen LogP contribution >= 0.6 is 0 Å². The van der Waals surface area contributed by atoms with Gasteiger partial charge in [0.25, 0.3) is 0 Å². The van der Waals surface area contributed by atoms with Crippen LogP contribution in [0.25, 0.3) is 5.65 Å². The van der Waals surface area contributed by atoms with E-state index in [1.165, 1.54) is 18.5 Å². The lowest BCUT2D eigenvalue weighted by Gasteiger charge is -2.21. The molecule has 0 atom stereocenters. The Labute approximate surface area is 114 Å². The molecule has 1 fully saturated rings. The molecule has 2 aromatic heterocycles. The number of fused-ring (bicyclic) bond motifs is 1. The van der Waals surface area contributed by atoms with Crippen LogP contribution in [0.5, 0.6) is 0 Å². The largest absolute Gasteiger partial charge is 0.355 e. The highest BCUT2D eigenvalue weighted by Crippen LogP contribution is 2.32. The molecule has 1 saturated carbocycles. The Balaban J connectivity index is 2.01. The fraction of sp³-hybridized carbons (Fsp3) is 0.533. The minimum atomic E-state index is 0.663. The Morgan fingerprint density at radius 3 is 2.95 bits per heavy atom. The van der Waals surface area contributed by atoms with Crippen LogP contribution in [0, 0.1) is 5.92 Å².